The zero-order chi connectivity index (χ0) is 18.9. The van der Waals surface area contributed by atoms with Crippen LogP contribution in [-0.4, -0.2) is 45.9 Å². The first-order valence-electron chi connectivity index (χ1n) is 9.60. The lowest BCUT2D eigenvalue weighted by Crippen LogP contribution is -2.46. The van der Waals surface area contributed by atoms with Gasteiger partial charge < -0.3 is 9.80 Å². The number of para-hydroxylation sites is 1. The standard InChI is InChI=1S/C22H22N6/c1-17-6-5-9-19(14-17)26-10-12-27(13-11-26)21-20-15-25-28(22(20)24-16-23-21)18-7-3-2-4-8-18/h2-9,14-16H,10-13H2,1H3. The molecule has 0 N–H and O–H groups in total. The maximum atomic E-state index is 4.59. The van der Waals surface area contributed by atoms with Crippen LogP contribution in [0.15, 0.2) is 67.1 Å². The number of fused-ring (bicyclic) bond motifs is 1. The Morgan fingerprint density at radius 2 is 1.54 bits per heavy atom. The van der Waals surface area contributed by atoms with Gasteiger partial charge in [0.2, 0.25) is 0 Å². The van der Waals surface area contributed by atoms with Crippen LogP contribution in [0.2, 0.25) is 0 Å². The van der Waals surface area contributed by atoms with Crippen molar-refractivity contribution in [2.75, 3.05) is 36.0 Å². The van der Waals surface area contributed by atoms with Crippen LogP contribution in [0.4, 0.5) is 11.5 Å². The Hall–Kier alpha value is -3.41. The van der Waals surface area contributed by atoms with E-state index < -0.39 is 0 Å². The Balaban J connectivity index is 1.41. The summed E-state index contributed by atoms with van der Waals surface area (Å²) in [5.74, 6) is 0.969. The first-order chi connectivity index (χ1) is 13.8. The van der Waals surface area contributed by atoms with E-state index in [0.717, 1.165) is 48.7 Å². The molecule has 0 atom stereocenters. The lowest BCUT2D eigenvalue weighted by atomic mass is 10.2. The number of nitrogens with zero attached hydrogens (tertiary/aromatic N) is 6. The third-order valence-corrected chi connectivity index (χ3v) is 5.29. The molecule has 1 fully saturated rings. The fourth-order valence-corrected chi connectivity index (χ4v) is 3.84. The van der Waals surface area contributed by atoms with Gasteiger partial charge in [0.05, 0.1) is 17.3 Å². The van der Waals surface area contributed by atoms with Gasteiger partial charge in [-0.25, -0.2) is 14.6 Å². The maximum absolute atomic E-state index is 4.59. The molecule has 2 aromatic heterocycles. The largest absolute Gasteiger partial charge is 0.368 e. The van der Waals surface area contributed by atoms with Crippen molar-refractivity contribution in [1.29, 1.82) is 0 Å². The molecular weight excluding hydrogens is 348 g/mol. The molecule has 0 unspecified atom stereocenters. The summed E-state index contributed by atoms with van der Waals surface area (Å²) in [4.78, 5) is 13.9. The van der Waals surface area contributed by atoms with Gasteiger partial charge in [-0.05, 0) is 36.8 Å². The molecule has 28 heavy (non-hydrogen) atoms. The number of benzene rings is 2. The number of aryl methyl sites for hydroxylation is 1. The summed E-state index contributed by atoms with van der Waals surface area (Å²) in [5, 5.41) is 5.57. The minimum Gasteiger partial charge on any atom is -0.368 e. The van der Waals surface area contributed by atoms with Crippen LogP contribution < -0.4 is 9.80 Å². The summed E-state index contributed by atoms with van der Waals surface area (Å²) < 4.78 is 1.88. The van der Waals surface area contributed by atoms with Gasteiger partial charge in [-0.2, -0.15) is 5.10 Å². The number of hydrogen-bond acceptors (Lipinski definition) is 5. The molecule has 1 aliphatic heterocycles. The molecule has 0 aliphatic carbocycles. The molecule has 0 radical (unpaired) electrons. The molecule has 1 aliphatic rings. The van der Waals surface area contributed by atoms with E-state index in [1.165, 1.54) is 11.3 Å². The Kier molecular flexibility index (Phi) is 4.16. The summed E-state index contributed by atoms with van der Waals surface area (Å²) in [6.07, 6.45) is 3.52. The van der Waals surface area contributed by atoms with Crippen molar-refractivity contribution in [3.63, 3.8) is 0 Å². The lowest BCUT2D eigenvalue weighted by molar-refractivity contribution is 0.648. The molecule has 3 heterocycles. The highest BCUT2D eigenvalue weighted by Crippen LogP contribution is 2.26. The topological polar surface area (TPSA) is 50.1 Å². The van der Waals surface area contributed by atoms with Gasteiger partial charge in [0.25, 0.3) is 0 Å². The summed E-state index contributed by atoms with van der Waals surface area (Å²) >= 11 is 0. The maximum Gasteiger partial charge on any atom is 0.168 e. The van der Waals surface area contributed by atoms with Gasteiger partial charge in [-0.15, -0.1) is 0 Å². The number of aromatic nitrogens is 4. The van der Waals surface area contributed by atoms with Crippen LogP contribution >= 0.6 is 0 Å². The monoisotopic (exact) mass is 370 g/mol. The van der Waals surface area contributed by atoms with E-state index in [4.69, 9.17) is 0 Å². The number of piperazine rings is 1. The first kappa shape index (κ1) is 16.7. The average molecular weight is 370 g/mol. The number of rotatable bonds is 3. The van der Waals surface area contributed by atoms with Gasteiger partial charge in [0.1, 0.15) is 12.1 Å². The fourth-order valence-electron chi connectivity index (χ4n) is 3.84. The van der Waals surface area contributed by atoms with Crippen molar-refractivity contribution >= 4 is 22.5 Å². The molecule has 0 spiro atoms. The Labute approximate surface area is 164 Å². The Morgan fingerprint density at radius 3 is 2.32 bits per heavy atom. The zero-order valence-electron chi connectivity index (χ0n) is 15.9. The second-order valence-electron chi connectivity index (χ2n) is 7.14. The summed E-state index contributed by atoms with van der Waals surface area (Å²) in [7, 11) is 0. The third-order valence-electron chi connectivity index (χ3n) is 5.29. The van der Waals surface area contributed by atoms with Crippen molar-refractivity contribution in [3.05, 3.63) is 72.7 Å². The summed E-state index contributed by atoms with van der Waals surface area (Å²) in [6.45, 7) is 5.94. The van der Waals surface area contributed by atoms with E-state index >= 15 is 0 Å². The van der Waals surface area contributed by atoms with Gasteiger partial charge in [-0.3, -0.25) is 0 Å². The molecule has 4 aromatic rings. The highest BCUT2D eigenvalue weighted by Gasteiger charge is 2.21. The van der Waals surface area contributed by atoms with E-state index in [1.54, 1.807) is 6.33 Å². The second-order valence-corrected chi connectivity index (χ2v) is 7.14. The fraction of sp³-hybridized carbons (Fsp3) is 0.227. The van der Waals surface area contributed by atoms with Crippen molar-refractivity contribution in [2.24, 2.45) is 0 Å². The van der Waals surface area contributed by atoms with Gasteiger partial charge >= 0.3 is 0 Å². The van der Waals surface area contributed by atoms with E-state index in [-0.39, 0.29) is 0 Å². The van der Waals surface area contributed by atoms with E-state index in [0.29, 0.717) is 0 Å². The van der Waals surface area contributed by atoms with Crippen molar-refractivity contribution in [2.45, 2.75) is 6.92 Å². The highest BCUT2D eigenvalue weighted by molar-refractivity contribution is 5.87. The van der Waals surface area contributed by atoms with Crippen LogP contribution in [-0.2, 0) is 0 Å². The minimum atomic E-state index is 0.845. The first-order valence-corrected chi connectivity index (χ1v) is 9.60. The zero-order valence-corrected chi connectivity index (χ0v) is 15.9. The molecule has 5 rings (SSSR count). The van der Waals surface area contributed by atoms with Gasteiger partial charge in [0.15, 0.2) is 5.65 Å². The van der Waals surface area contributed by atoms with E-state index in [1.807, 2.05) is 41.2 Å². The molecule has 6 nitrogen and oxygen atoms in total. The van der Waals surface area contributed by atoms with Crippen molar-refractivity contribution in [3.8, 4) is 5.69 Å². The Bertz CT molecular complexity index is 1100. The van der Waals surface area contributed by atoms with Crippen molar-refractivity contribution < 1.29 is 0 Å². The van der Waals surface area contributed by atoms with E-state index in [9.17, 15) is 0 Å². The molecule has 6 heteroatoms. The molecular formula is C22H22N6. The summed E-state index contributed by atoms with van der Waals surface area (Å²) in [6, 6.07) is 18.8. The highest BCUT2D eigenvalue weighted by atomic mass is 15.3. The predicted octanol–water partition coefficient (Wildman–Crippen LogP) is 3.45. The van der Waals surface area contributed by atoms with Gasteiger partial charge in [-0.1, -0.05) is 30.3 Å². The number of hydrogen-bond donors (Lipinski definition) is 0. The quantitative estimate of drug-likeness (QED) is 0.553. The predicted molar refractivity (Wildman–Crippen MR) is 112 cm³/mol. The lowest BCUT2D eigenvalue weighted by Gasteiger charge is -2.37. The van der Waals surface area contributed by atoms with Crippen LogP contribution in [0.3, 0.4) is 0 Å². The third kappa shape index (κ3) is 2.97. The number of anilines is 2. The normalized spacial score (nSPS) is 14.6. The van der Waals surface area contributed by atoms with Crippen LogP contribution in [0.5, 0.6) is 0 Å². The Morgan fingerprint density at radius 1 is 0.786 bits per heavy atom. The molecule has 1 saturated heterocycles. The van der Waals surface area contributed by atoms with Gasteiger partial charge in [0, 0.05) is 31.9 Å². The van der Waals surface area contributed by atoms with Crippen LogP contribution in [0, 0.1) is 6.92 Å². The average Bonchev–Trinajstić information content (AvgIpc) is 3.19. The molecule has 0 amide bonds. The molecule has 140 valence electrons. The van der Waals surface area contributed by atoms with E-state index in [2.05, 4.69) is 56.1 Å². The second kappa shape index (κ2) is 6.96. The van der Waals surface area contributed by atoms with Crippen molar-refractivity contribution in [1.82, 2.24) is 19.7 Å². The molecule has 2 aromatic carbocycles. The SMILES string of the molecule is Cc1cccc(N2CCN(c3ncnc4c3cnn4-c3ccccc3)CC2)c1. The smallest absolute Gasteiger partial charge is 0.168 e. The van der Waals surface area contributed by atoms with Crippen LogP contribution in [0.25, 0.3) is 16.7 Å². The summed E-state index contributed by atoms with van der Waals surface area (Å²) in [5.41, 5.74) is 4.44. The minimum absolute atomic E-state index is 0.845. The van der Waals surface area contributed by atoms with Crippen LogP contribution in [0.1, 0.15) is 5.56 Å². The molecule has 0 bridgehead atoms. The molecule has 0 saturated carbocycles.